The molecule has 1 N–H and O–H groups in total. The fourth-order valence-electron chi connectivity index (χ4n) is 2.98. The largest absolute Gasteiger partial charge is 0.353 e. The van der Waals surface area contributed by atoms with Gasteiger partial charge in [0.2, 0.25) is 26.0 Å². The van der Waals surface area contributed by atoms with Crippen molar-refractivity contribution in [3.05, 3.63) is 24.3 Å². The molecule has 1 aromatic rings. The topological polar surface area (TPSA) is 104 Å². The van der Waals surface area contributed by atoms with Crippen LogP contribution in [0.3, 0.4) is 0 Å². The maximum atomic E-state index is 13.0. The van der Waals surface area contributed by atoms with Crippen LogP contribution in [0.15, 0.2) is 34.1 Å². The van der Waals surface area contributed by atoms with Gasteiger partial charge in [0.25, 0.3) is 0 Å². The Morgan fingerprint density at radius 1 is 1.18 bits per heavy atom. The summed E-state index contributed by atoms with van der Waals surface area (Å²) >= 11 is 0. The van der Waals surface area contributed by atoms with Gasteiger partial charge in [-0.05, 0) is 50.5 Å². The molecule has 2 rings (SSSR count). The minimum Gasteiger partial charge on any atom is -0.353 e. The summed E-state index contributed by atoms with van der Waals surface area (Å²) in [5.74, 6) is -0.507. The second-order valence-electron chi connectivity index (χ2n) is 7.28. The molecule has 0 aromatic heterocycles. The second-order valence-corrected chi connectivity index (χ2v) is 11.4. The van der Waals surface area contributed by atoms with Gasteiger partial charge < -0.3 is 5.32 Å². The maximum Gasteiger partial charge on any atom is 0.243 e. The number of hydrogen-bond donors (Lipinski definition) is 1. The van der Waals surface area contributed by atoms with Crippen LogP contribution in [-0.4, -0.2) is 64.6 Å². The summed E-state index contributed by atoms with van der Waals surface area (Å²) in [6, 6.07) is 5.23. The van der Waals surface area contributed by atoms with Gasteiger partial charge in [0.05, 0.1) is 15.7 Å². The van der Waals surface area contributed by atoms with Gasteiger partial charge in [0.1, 0.15) is 0 Å². The van der Waals surface area contributed by atoms with Gasteiger partial charge in [-0.3, -0.25) is 4.79 Å². The van der Waals surface area contributed by atoms with Crippen molar-refractivity contribution in [3.8, 4) is 0 Å². The van der Waals surface area contributed by atoms with Crippen molar-refractivity contribution >= 4 is 26.0 Å². The molecule has 0 bridgehead atoms. The average molecular weight is 432 g/mol. The Bertz CT molecular complexity index is 896. The highest BCUT2D eigenvalue weighted by Crippen LogP contribution is 2.25. The van der Waals surface area contributed by atoms with Crippen LogP contribution >= 0.6 is 0 Å². The molecule has 0 radical (unpaired) electrons. The molecule has 2 atom stereocenters. The second kappa shape index (κ2) is 8.89. The molecule has 28 heavy (non-hydrogen) atoms. The predicted octanol–water partition coefficient (Wildman–Crippen LogP) is 1.25. The van der Waals surface area contributed by atoms with E-state index in [4.69, 9.17) is 0 Å². The van der Waals surface area contributed by atoms with E-state index >= 15 is 0 Å². The lowest BCUT2D eigenvalue weighted by Crippen LogP contribution is -2.47. The molecular weight excluding hydrogens is 402 g/mol. The van der Waals surface area contributed by atoms with E-state index in [1.807, 2.05) is 13.8 Å². The molecule has 1 aliphatic rings. The van der Waals surface area contributed by atoms with Gasteiger partial charge >= 0.3 is 0 Å². The quantitative estimate of drug-likeness (QED) is 0.700. The molecule has 10 heteroatoms. The summed E-state index contributed by atoms with van der Waals surface area (Å²) in [5, 5.41) is 2.91. The van der Waals surface area contributed by atoms with E-state index in [1.165, 1.54) is 42.7 Å². The zero-order valence-electron chi connectivity index (χ0n) is 16.8. The Balaban J connectivity index is 2.19. The van der Waals surface area contributed by atoms with E-state index in [-0.39, 0.29) is 34.2 Å². The van der Waals surface area contributed by atoms with Crippen molar-refractivity contribution in [2.75, 3.05) is 27.2 Å². The molecule has 1 aromatic carbocycles. The van der Waals surface area contributed by atoms with Crippen LogP contribution in [-0.2, 0) is 24.8 Å². The molecule has 158 valence electrons. The number of amides is 1. The van der Waals surface area contributed by atoms with Crippen LogP contribution in [0.5, 0.6) is 0 Å². The minimum absolute atomic E-state index is 0.0215. The van der Waals surface area contributed by atoms with Crippen molar-refractivity contribution in [2.24, 2.45) is 5.92 Å². The standard InChI is InChI=1S/C18H29N3O5S2/c1-5-14(2)19-18(22)15-7-6-12-21(13-15)28(25,26)17-10-8-16(9-11-17)27(23,24)20(3)4/h8-11,14-15H,5-7,12-13H2,1-4H3,(H,19,22)/t14-,15-/m1/s1. The Morgan fingerprint density at radius 2 is 1.75 bits per heavy atom. The highest BCUT2D eigenvalue weighted by atomic mass is 32.2. The van der Waals surface area contributed by atoms with Gasteiger partial charge in [0.15, 0.2) is 0 Å². The molecule has 1 amide bonds. The van der Waals surface area contributed by atoms with Crippen molar-refractivity contribution in [2.45, 2.75) is 48.9 Å². The lowest BCUT2D eigenvalue weighted by molar-refractivity contribution is -0.126. The fourth-order valence-corrected chi connectivity index (χ4v) is 5.41. The number of carbonyl (C=O) groups excluding carboxylic acids is 1. The number of piperidine rings is 1. The van der Waals surface area contributed by atoms with Crippen LogP contribution < -0.4 is 5.32 Å². The molecular formula is C18H29N3O5S2. The average Bonchev–Trinajstić information content (AvgIpc) is 2.67. The summed E-state index contributed by atoms with van der Waals surface area (Å²) in [6.45, 7) is 4.36. The highest BCUT2D eigenvalue weighted by Gasteiger charge is 2.33. The van der Waals surface area contributed by atoms with E-state index in [1.54, 1.807) is 0 Å². The first-order chi connectivity index (χ1) is 13.0. The SMILES string of the molecule is CC[C@@H](C)NC(=O)[C@@H]1CCCN(S(=O)(=O)c2ccc(S(=O)(=O)N(C)C)cc2)C1. The first-order valence-corrected chi connectivity index (χ1v) is 12.2. The predicted molar refractivity (Wildman–Crippen MR) is 107 cm³/mol. The van der Waals surface area contributed by atoms with Crippen LogP contribution in [0.4, 0.5) is 0 Å². The maximum absolute atomic E-state index is 13.0. The molecule has 1 fully saturated rings. The van der Waals surface area contributed by atoms with Crippen molar-refractivity contribution in [1.29, 1.82) is 0 Å². The Morgan fingerprint density at radius 3 is 2.29 bits per heavy atom. The van der Waals surface area contributed by atoms with Crippen LogP contribution in [0.2, 0.25) is 0 Å². The molecule has 8 nitrogen and oxygen atoms in total. The normalized spacial score (nSPS) is 20.1. The van der Waals surface area contributed by atoms with E-state index in [9.17, 15) is 21.6 Å². The lowest BCUT2D eigenvalue weighted by atomic mass is 9.98. The Kier molecular flexibility index (Phi) is 7.24. The molecule has 1 heterocycles. The number of sulfonamides is 2. The van der Waals surface area contributed by atoms with E-state index in [0.717, 1.165) is 10.7 Å². The molecule has 0 unspecified atom stereocenters. The summed E-state index contributed by atoms with van der Waals surface area (Å²) in [5.41, 5.74) is 0. The first kappa shape index (κ1) is 22.8. The van der Waals surface area contributed by atoms with Gasteiger partial charge in [-0.2, -0.15) is 4.31 Å². The summed E-state index contributed by atoms with van der Waals surface area (Å²) in [4.78, 5) is 12.4. The third-order valence-corrected chi connectivity index (χ3v) is 8.70. The minimum atomic E-state index is -3.80. The Hall–Kier alpha value is -1.49. The zero-order valence-corrected chi connectivity index (χ0v) is 18.4. The number of benzene rings is 1. The summed E-state index contributed by atoms with van der Waals surface area (Å²) in [7, 11) is -4.60. The van der Waals surface area contributed by atoms with Crippen molar-refractivity contribution < 1.29 is 21.6 Å². The summed E-state index contributed by atoms with van der Waals surface area (Å²) in [6.07, 6.45) is 2.06. The number of nitrogens with one attached hydrogen (secondary N) is 1. The van der Waals surface area contributed by atoms with Crippen LogP contribution in [0.25, 0.3) is 0 Å². The number of rotatable bonds is 7. The third kappa shape index (κ3) is 4.91. The fraction of sp³-hybridized carbons (Fsp3) is 0.611. The number of carbonyl (C=O) groups is 1. The first-order valence-electron chi connectivity index (χ1n) is 9.33. The summed E-state index contributed by atoms with van der Waals surface area (Å²) < 4.78 is 52.6. The lowest BCUT2D eigenvalue weighted by Gasteiger charge is -2.31. The zero-order chi connectivity index (χ0) is 21.1. The Labute approximate surface area is 168 Å². The molecule has 1 aliphatic heterocycles. The van der Waals surface area contributed by atoms with Crippen molar-refractivity contribution in [3.63, 3.8) is 0 Å². The molecule has 0 spiro atoms. The molecule has 0 saturated carbocycles. The van der Waals surface area contributed by atoms with Crippen LogP contribution in [0, 0.1) is 5.92 Å². The van der Waals surface area contributed by atoms with Gasteiger partial charge in [0, 0.05) is 33.2 Å². The van der Waals surface area contributed by atoms with E-state index < -0.39 is 20.0 Å². The number of hydrogen-bond acceptors (Lipinski definition) is 5. The van der Waals surface area contributed by atoms with Gasteiger partial charge in [-0.15, -0.1) is 0 Å². The molecule has 0 aliphatic carbocycles. The molecule has 1 saturated heterocycles. The smallest absolute Gasteiger partial charge is 0.243 e. The van der Waals surface area contributed by atoms with Gasteiger partial charge in [-0.1, -0.05) is 6.92 Å². The third-order valence-electron chi connectivity index (χ3n) is 5.00. The van der Waals surface area contributed by atoms with Crippen LogP contribution in [0.1, 0.15) is 33.1 Å². The van der Waals surface area contributed by atoms with E-state index in [0.29, 0.717) is 19.4 Å². The monoisotopic (exact) mass is 431 g/mol. The highest BCUT2D eigenvalue weighted by molar-refractivity contribution is 7.89. The van der Waals surface area contributed by atoms with Gasteiger partial charge in [-0.25, -0.2) is 21.1 Å². The number of nitrogens with zero attached hydrogens (tertiary/aromatic N) is 2. The van der Waals surface area contributed by atoms with Crippen molar-refractivity contribution in [1.82, 2.24) is 13.9 Å². The van der Waals surface area contributed by atoms with E-state index in [2.05, 4.69) is 5.32 Å².